The molecule has 0 aliphatic heterocycles. The SMILES string of the molecule is COC(=O)CCC(C)[C@H]1CCC2C3CC[C@H]4CC(=O)CC[C@]4(C)C3CC[C@@]21C. The molecule has 0 spiro atoms. The Balaban J connectivity index is 1.49. The molecule has 4 unspecified atom stereocenters. The highest BCUT2D eigenvalue weighted by molar-refractivity contribution is 5.79. The largest absolute Gasteiger partial charge is 0.469 e. The number of hydrogen-bond acceptors (Lipinski definition) is 3. The summed E-state index contributed by atoms with van der Waals surface area (Å²) < 4.78 is 4.87. The van der Waals surface area contributed by atoms with E-state index in [9.17, 15) is 9.59 Å². The molecule has 0 N–H and O–H groups in total. The Morgan fingerprint density at radius 2 is 1.82 bits per heavy atom. The van der Waals surface area contributed by atoms with Crippen molar-refractivity contribution in [3.05, 3.63) is 0 Å². The Morgan fingerprint density at radius 1 is 1.07 bits per heavy atom. The quantitative estimate of drug-likeness (QED) is 0.571. The molecule has 8 atom stereocenters. The lowest BCUT2D eigenvalue weighted by Gasteiger charge is -2.60. The van der Waals surface area contributed by atoms with Gasteiger partial charge in [-0.25, -0.2) is 0 Å². The van der Waals surface area contributed by atoms with Crippen LogP contribution in [0.4, 0.5) is 0 Å². The lowest BCUT2D eigenvalue weighted by atomic mass is 9.44. The van der Waals surface area contributed by atoms with Gasteiger partial charge in [-0.3, -0.25) is 9.59 Å². The summed E-state index contributed by atoms with van der Waals surface area (Å²) in [5.74, 6) is 5.01. The number of methoxy groups -OCH3 is 1. The van der Waals surface area contributed by atoms with Gasteiger partial charge >= 0.3 is 5.97 Å². The van der Waals surface area contributed by atoms with Gasteiger partial charge in [0.2, 0.25) is 0 Å². The zero-order valence-electron chi connectivity index (χ0n) is 18.5. The summed E-state index contributed by atoms with van der Waals surface area (Å²) in [4.78, 5) is 23.7. The molecule has 0 aromatic carbocycles. The van der Waals surface area contributed by atoms with Gasteiger partial charge < -0.3 is 4.74 Å². The molecule has 4 fully saturated rings. The van der Waals surface area contributed by atoms with Gasteiger partial charge in [-0.15, -0.1) is 0 Å². The van der Waals surface area contributed by atoms with Gasteiger partial charge in [-0.1, -0.05) is 20.8 Å². The smallest absolute Gasteiger partial charge is 0.305 e. The van der Waals surface area contributed by atoms with E-state index in [1.807, 2.05) is 0 Å². The van der Waals surface area contributed by atoms with Crippen LogP contribution in [0, 0.1) is 46.3 Å². The average molecular weight is 389 g/mol. The van der Waals surface area contributed by atoms with E-state index in [4.69, 9.17) is 4.74 Å². The second-order valence-corrected chi connectivity index (χ2v) is 11.2. The molecule has 0 saturated heterocycles. The molecular formula is C25H40O3. The Kier molecular flexibility index (Phi) is 5.42. The number of esters is 1. The molecule has 4 aliphatic carbocycles. The van der Waals surface area contributed by atoms with E-state index < -0.39 is 0 Å². The minimum absolute atomic E-state index is 0.0617. The molecule has 4 rings (SSSR count). The topological polar surface area (TPSA) is 43.4 Å². The molecule has 0 aromatic rings. The number of ketones is 1. The van der Waals surface area contributed by atoms with E-state index in [0.29, 0.717) is 34.9 Å². The van der Waals surface area contributed by atoms with Crippen molar-refractivity contribution in [2.75, 3.05) is 7.11 Å². The third kappa shape index (κ3) is 3.16. The maximum absolute atomic E-state index is 12.1. The summed E-state index contributed by atoms with van der Waals surface area (Å²) in [6.45, 7) is 7.49. The second kappa shape index (κ2) is 7.43. The van der Waals surface area contributed by atoms with E-state index in [1.54, 1.807) is 0 Å². The molecule has 0 amide bonds. The molecule has 0 aromatic heterocycles. The zero-order chi connectivity index (χ0) is 20.1. The first-order chi connectivity index (χ1) is 13.3. The van der Waals surface area contributed by atoms with Gasteiger partial charge in [0.05, 0.1) is 7.11 Å². The maximum Gasteiger partial charge on any atom is 0.305 e. The van der Waals surface area contributed by atoms with E-state index in [-0.39, 0.29) is 5.97 Å². The second-order valence-electron chi connectivity index (χ2n) is 11.2. The molecule has 0 heterocycles. The number of fused-ring (bicyclic) bond motifs is 5. The molecule has 0 radical (unpaired) electrons. The summed E-state index contributed by atoms with van der Waals surface area (Å²) in [6, 6.07) is 0. The molecule has 0 bridgehead atoms. The fourth-order valence-electron chi connectivity index (χ4n) is 8.67. The first-order valence-electron chi connectivity index (χ1n) is 11.9. The summed E-state index contributed by atoms with van der Waals surface area (Å²) in [6.07, 6.45) is 12.4. The summed E-state index contributed by atoms with van der Waals surface area (Å²) in [7, 11) is 1.50. The molecule has 4 saturated carbocycles. The highest BCUT2D eigenvalue weighted by atomic mass is 16.5. The number of carbonyl (C=O) groups is 2. The Morgan fingerprint density at radius 3 is 2.57 bits per heavy atom. The summed E-state index contributed by atoms with van der Waals surface area (Å²) in [5, 5.41) is 0. The van der Waals surface area contributed by atoms with Crippen LogP contribution in [0.2, 0.25) is 0 Å². The van der Waals surface area contributed by atoms with E-state index in [2.05, 4.69) is 20.8 Å². The average Bonchev–Trinajstić information content (AvgIpc) is 3.03. The zero-order valence-corrected chi connectivity index (χ0v) is 18.5. The summed E-state index contributed by atoms with van der Waals surface area (Å²) in [5.41, 5.74) is 0.858. The highest BCUT2D eigenvalue weighted by Gasteiger charge is 2.60. The van der Waals surface area contributed by atoms with Gasteiger partial charge in [0.25, 0.3) is 0 Å². The molecular weight excluding hydrogens is 348 g/mol. The van der Waals surface area contributed by atoms with Crippen LogP contribution in [0.3, 0.4) is 0 Å². The van der Waals surface area contributed by atoms with Gasteiger partial charge in [0.1, 0.15) is 5.78 Å². The van der Waals surface area contributed by atoms with Crippen LogP contribution in [0.1, 0.15) is 91.4 Å². The van der Waals surface area contributed by atoms with Crippen molar-refractivity contribution < 1.29 is 14.3 Å². The Labute approximate surface area is 171 Å². The minimum atomic E-state index is -0.0617. The van der Waals surface area contributed by atoms with Crippen molar-refractivity contribution in [2.45, 2.75) is 91.4 Å². The predicted molar refractivity (Wildman–Crippen MR) is 111 cm³/mol. The highest BCUT2D eigenvalue weighted by Crippen LogP contribution is 2.68. The van der Waals surface area contributed by atoms with Crippen LogP contribution < -0.4 is 0 Å². The number of carbonyl (C=O) groups excluding carboxylic acids is 2. The van der Waals surface area contributed by atoms with E-state index >= 15 is 0 Å². The molecule has 28 heavy (non-hydrogen) atoms. The first kappa shape index (κ1) is 20.4. The minimum Gasteiger partial charge on any atom is -0.469 e. The van der Waals surface area contributed by atoms with Gasteiger partial charge in [0, 0.05) is 19.3 Å². The monoisotopic (exact) mass is 388 g/mol. The van der Waals surface area contributed by atoms with Crippen molar-refractivity contribution in [1.29, 1.82) is 0 Å². The van der Waals surface area contributed by atoms with Crippen molar-refractivity contribution in [3.63, 3.8) is 0 Å². The van der Waals surface area contributed by atoms with E-state index in [1.165, 1.54) is 45.6 Å². The Hall–Kier alpha value is -0.860. The van der Waals surface area contributed by atoms with Gasteiger partial charge in [-0.2, -0.15) is 0 Å². The predicted octanol–water partition coefficient (Wildman–Crippen LogP) is 5.80. The van der Waals surface area contributed by atoms with Crippen molar-refractivity contribution in [1.82, 2.24) is 0 Å². The van der Waals surface area contributed by atoms with Crippen molar-refractivity contribution in [3.8, 4) is 0 Å². The molecule has 3 nitrogen and oxygen atoms in total. The third-order valence-electron chi connectivity index (χ3n) is 10.3. The van der Waals surface area contributed by atoms with Gasteiger partial charge in [-0.05, 0) is 97.7 Å². The first-order valence-corrected chi connectivity index (χ1v) is 11.9. The van der Waals surface area contributed by atoms with Crippen LogP contribution in [-0.2, 0) is 14.3 Å². The van der Waals surface area contributed by atoms with Crippen LogP contribution >= 0.6 is 0 Å². The number of ether oxygens (including phenoxy) is 1. The molecule has 4 aliphatic rings. The lowest BCUT2D eigenvalue weighted by Crippen LogP contribution is -2.53. The van der Waals surface area contributed by atoms with Gasteiger partial charge in [0.15, 0.2) is 0 Å². The fourth-order valence-corrected chi connectivity index (χ4v) is 8.67. The standard InChI is InChI=1S/C25H40O3/c1-16(5-10-23(27)28-4)20-8-9-21-19-7-6-17-15-18(26)11-13-24(17,2)22(19)12-14-25(20,21)3/h16-17,19-22H,5-15H2,1-4H3/t16?,17-,19?,20+,21?,22?,24-,25+/m0/s1. The molecule has 3 heteroatoms. The maximum atomic E-state index is 12.1. The van der Waals surface area contributed by atoms with Crippen molar-refractivity contribution >= 4 is 11.8 Å². The van der Waals surface area contributed by atoms with Crippen LogP contribution in [0.15, 0.2) is 0 Å². The number of Topliss-reactive ketones (excluding diaryl/α,β-unsaturated/α-hetero) is 1. The molecule has 158 valence electrons. The number of hydrogen-bond donors (Lipinski definition) is 0. The van der Waals surface area contributed by atoms with Crippen molar-refractivity contribution in [2.24, 2.45) is 46.3 Å². The van der Waals surface area contributed by atoms with E-state index in [0.717, 1.165) is 49.4 Å². The lowest BCUT2D eigenvalue weighted by molar-refractivity contribution is -0.141. The van der Waals surface area contributed by atoms with Crippen LogP contribution in [0.5, 0.6) is 0 Å². The fraction of sp³-hybridized carbons (Fsp3) is 0.920. The third-order valence-corrected chi connectivity index (χ3v) is 10.3. The normalized spacial score (nSPS) is 46.3. The number of rotatable bonds is 4. The Bertz CT molecular complexity index is 627. The van der Waals surface area contributed by atoms with Crippen LogP contribution in [-0.4, -0.2) is 18.9 Å². The summed E-state index contributed by atoms with van der Waals surface area (Å²) >= 11 is 0. The van der Waals surface area contributed by atoms with Crippen LogP contribution in [0.25, 0.3) is 0 Å².